The van der Waals surface area contributed by atoms with Crippen LogP contribution in [0, 0.1) is 0 Å². The molecule has 1 atom stereocenters. The van der Waals surface area contributed by atoms with Gasteiger partial charge in [0.15, 0.2) is 0 Å². The summed E-state index contributed by atoms with van der Waals surface area (Å²) >= 11 is 0. The third-order valence-corrected chi connectivity index (χ3v) is 6.38. The van der Waals surface area contributed by atoms with Gasteiger partial charge in [0.25, 0.3) is 0 Å². The van der Waals surface area contributed by atoms with E-state index < -0.39 is 7.40 Å². The predicted molar refractivity (Wildman–Crippen MR) is 74.0 cm³/mol. The van der Waals surface area contributed by atoms with Crippen molar-refractivity contribution in [2.45, 2.75) is 33.6 Å². The Labute approximate surface area is 102 Å². The SMILES string of the molecule is CCOC(C[PH](P)(OCC)OCC)=C1CC1. The fourth-order valence-electron chi connectivity index (χ4n) is 1.65. The van der Waals surface area contributed by atoms with E-state index in [-0.39, 0.29) is 0 Å². The molecule has 1 saturated carbocycles. The van der Waals surface area contributed by atoms with Crippen LogP contribution in [0.25, 0.3) is 0 Å². The second-order valence-corrected chi connectivity index (χ2v) is 9.01. The van der Waals surface area contributed by atoms with Gasteiger partial charge in [0.1, 0.15) is 0 Å². The van der Waals surface area contributed by atoms with Gasteiger partial charge in [-0.05, 0) is 0 Å². The van der Waals surface area contributed by atoms with Crippen LogP contribution in [0.1, 0.15) is 33.6 Å². The molecule has 0 aromatic carbocycles. The zero-order chi connectivity index (χ0) is 12.0. The van der Waals surface area contributed by atoms with Gasteiger partial charge >= 0.3 is 101 Å². The van der Waals surface area contributed by atoms with Crippen LogP contribution in [0.4, 0.5) is 0 Å². The quantitative estimate of drug-likeness (QED) is 0.497. The van der Waals surface area contributed by atoms with Gasteiger partial charge in [-0.1, -0.05) is 0 Å². The van der Waals surface area contributed by atoms with E-state index in [9.17, 15) is 0 Å². The van der Waals surface area contributed by atoms with Crippen LogP contribution in [0.3, 0.4) is 0 Å². The Morgan fingerprint density at radius 2 is 1.69 bits per heavy atom. The summed E-state index contributed by atoms with van der Waals surface area (Å²) in [5.41, 5.74) is 1.44. The summed E-state index contributed by atoms with van der Waals surface area (Å²) in [4.78, 5) is 0. The van der Waals surface area contributed by atoms with Crippen molar-refractivity contribution in [2.75, 3.05) is 26.0 Å². The minimum absolute atomic E-state index is 0.699. The van der Waals surface area contributed by atoms with E-state index in [2.05, 4.69) is 8.93 Å². The van der Waals surface area contributed by atoms with Gasteiger partial charge in [-0.2, -0.15) is 0 Å². The van der Waals surface area contributed by atoms with Crippen molar-refractivity contribution in [2.24, 2.45) is 0 Å². The number of ether oxygens (including phenoxy) is 1. The topological polar surface area (TPSA) is 27.7 Å². The van der Waals surface area contributed by atoms with Gasteiger partial charge in [0.05, 0.1) is 0 Å². The molecule has 0 radical (unpaired) electrons. The summed E-state index contributed by atoms with van der Waals surface area (Å²) in [5, 5.41) is 0. The maximum absolute atomic E-state index is 5.79. The molecular formula is C11H24O3P2. The van der Waals surface area contributed by atoms with Gasteiger partial charge in [-0.3, -0.25) is 0 Å². The van der Waals surface area contributed by atoms with Gasteiger partial charge in [0, 0.05) is 0 Å². The Kier molecular flexibility index (Phi) is 6.21. The number of hydrogen-bond donors (Lipinski definition) is 0. The van der Waals surface area contributed by atoms with Crippen molar-refractivity contribution in [1.29, 1.82) is 0 Å². The van der Waals surface area contributed by atoms with Crippen LogP contribution in [0.5, 0.6) is 0 Å². The molecule has 5 heteroatoms. The summed E-state index contributed by atoms with van der Waals surface area (Å²) in [7, 11) is 0.666. The zero-order valence-corrected chi connectivity index (χ0v) is 12.7. The average molecular weight is 266 g/mol. The maximum atomic E-state index is 5.79. The van der Waals surface area contributed by atoms with E-state index in [4.69, 9.17) is 13.8 Å². The Balaban J connectivity index is 2.61. The Bertz CT molecular complexity index is 242. The first-order valence-electron chi connectivity index (χ1n) is 6.05. The molecule has 96 valence electrons. The number of hydrogen-bond acceptors (Lipinski definition) is 3. The van der Waals surface area contributed by atoms with Crippen LogP contribution in [-0.4, -0.2) is 26.0 Å². The first kappa shape index (κ1) is 14.4. The zero-order valence-electron chi connectivity index (χ0n) is 10.5. The Hall–Kier alpha value is 0.320. The van der Waals surface area contributed by atoms with Crippen LogP contribution in [0.15, 0.2) is 11.3 Å². The second kappa shape index (κ2) is 6.91. The molecule has 1 fully saturated rings. The first-order chi connectivity index (χ1) is 7.65. The fraction of sp³-hybridized carbons (Fsp3) is 0.818. The van der Waals surface area contributed by atoms with Gasteiger partial charge in [-0.15, -0.1) is 0 Å². The summed E-state index contributed by atoms with van der Waals surface area (Å²) in [6.07, 6.45) is 3.19. The van der Waals surface area contributed by atoms with E-state index in [1.807, 2.05) is 20.8 Å². The molecule has 1 unspecified atom stereocenters. The molecular weight excluding hydrogens is 242 g/mol. The third-order valence-electron chi connectivity index (χ3n) is 2.40. The number of rotatable bonds is 8. The molecule has 1 aliphatic carbocycles. The summed E-state index contributed by atoms with van der Waals surface area (Å²) in [6, 6.07) is 0. The van der Waals surface area contributed by atoms with E-state index in [0.29, 0.717) is 13.2 Å². The molecule has 3 nitrogen and oxygen atoms in total. The molecule has 1 rings (SSSR count). The average Bonchev–Trinajstić information content (AvgIpc) is 3.00. The van der Waals surface area contributed by atoms with Crippen LogP contribution in [-0.2, 0) is 13.8 Å². The molecule has 16 heavy (non-hydrogen) atoms. The summed E-state index contributed by atoms with van der Waals surface area (Å²) in [5.74, 6) is 1.12. The first-order valence-corrected chi connectivity index (χ1v) is 9.89. The number of allylic oxidation sites excluding steroid dienone is 2. The molecule has 0 bridgehead atoms. The normalized spacial score (nSPS) is 16.1. The third kappa shape index (κ3) is 4.67. The van der Waals surface area contributed by atoms with Crippen molar-refractivity contribution < 1.29 is 13.8 Å². The van der Waals surface area contributed by atoms with E-state index in [1.165, 1.54) is 18.4 Å². The monoisotopic (exact) mass is 266 g/mol. The summed E-state index contributed by atoms with van der Waals surface area (Å²) in [6.45, 7) is 8.17. The molecule has 0 amide bonds. The molecule has 0 aromatic heterocycles. The van der Waals surface area contributed by atoms with Gasteiger partial charge in [0.2, 0.25) is 0 Å². The molecule has 0 spiro atoms. The Morgan fingerprint density at radius 3 is 2.06 bits per heavy atom. The van der Waals surface area contributed by atoms with E-state index >= 15 is 0 Å². The van der Waals surface area contributed by atoms with Crippen molar-refractivity contribution in [3.8, 4) is 0 Å². The minimum atomic E-state index is -2.14. The Morgan fingerprint density at radius 1 is 1.12 bits per heavy atom. The molecule has 0 saturated heterocycles. The summed E-state index contributed by atoms with van der Waals surface area (Å²) < 4.78 is 17.3. The van der Waals surface area contributed by atoms with E-state index in [0.717, 1.165) is 18.5 Å². The van der Waals surface area contributed by atoms with Gasteiger partial charge in [-0.25, -0.2) is 0 Å². The van der Waals surface area contributed by atoms with Gasteiger partial charge < -0.3 is 0 Å². The predicted octanol–water partition coefficient (Wildman–Crippen LogP) is 3.51. The molecule has 0 aromatic rings. The van der Waals surface area contributed by atoms with Crippen molar-refractivity contribution in [3.63, 3.8) is 0 Å². The molecule has 0 heterocycles. The van der Waals surface area contributed by atoms with Crippen molar-refractivity contribution in [3.05, 3.63) is 11.3 Å². The molecule has 1 aliphatic rings. The van der Waals surface area contributed by atoms with Crippen molar-refractivity contribution in [1.82, 2.24) is 0 Å². The van der Waals surface area contributed by atoms with Crippen LogP contribution >= 0.6 is 16.3 Å². The van der Waals surface area contributed by atoms with E-state index in [1.54, 1.807) is 0 Å². The van der Waals surface area contributed by atoms with Crippen LogP contribution < -0.4 is 0 Å². The van der Waals surface area contributed by atoms with Crippen molar-refractivity contribution >= 4 is 16.3 Å². The van der Waals surface area contributed by atoms with Crippen LogP contribution in [0.2, 0.25) is 0 Å². The fourth-order valence-corrected chi connectivity index (χ4v) is 5.27. The second-order valence-electron chi connectivity index (χ2n) is 3.81. The standard InChI is InChI=1S/C11H24O3P2/c1-4-12-11(10-7-8-10)9-16(15,13-5-2)14-6-3/h16H,4-9,15H2,1-3H3. The molecule has 0 N–H and O–H groups in total. The molecule has 0 aliphatic heterocycles.